The smallest absolute Gasteiger partial charge is 0.305 e. The number of alkyl halides is 1. The highest BCUT2D eigenvalue weighted by Gasteiger charge is 2.09. The third-order valence-electron chi connectivity index (χ3n) is 4.61. The molecule has 0 bridgehead atoms. The SMILES string of the molecule is CCCCCCCCCCCCCCCC(=O)OCCCOP(=O)([O-])OCCBr. The number of halogens is 1. The van der Waals surface area contributed by atoms with Crippen molar-refractivity contribution in [2.75, 3.05) is 25.2 Å². The van der Waals surface area contributed by atoms with Gasteiger partial charge >= 0.3 is 5.97 Å². The molecule has 0 aliphatic carbocycles. The summed E-state index contributed by atoms with van der Waals surface area (Å²) in [6.07, 6.45) is 17.3. The number of hydrogen-bond donors (Lipinski definition) is 0. The van der Waals surface area contributed by atoms with Crippen molar-refractivity contribution in [2.45, 2.75) is 103 Å². The van der Waals surface area contributed by atoms with E-state index in [4.69, 9.17) is 4.74 Å². The number of rotatable bonds is 22. The Morgan fingerprint density at radius 2 is 1.24 bits per heavy atom. The van der Waals surface area contributed by atoms with Gasteiger partial charge in [0, 0.05) is 18.2 Å². The van der Waals surface area contributed by atoms with Gasteiger partial charge in [0.15, 0.2) is 0 Å². The topological polar surface area (TPSA) is 84.9 Å². The van der Waals surface area contributed by atoms with Crippen LogP contribution in [0.15, 0.2) is 0 Å². The summed E-state index contributed by atoms with van der Waals surface area (Å²) in [5.41, 5.74) is 0. The van der Waals surface area contributed by atoms with Crippen LogP contribution in [0.3, 0.4) is 0 Å². The normalized spacial score (nSPS) is 13.3. The quantitative estimate of drug-likeness (QED) is 0.0751. The molecule has 0 rings (SSSR count). The highest BCUT2D eigenvalue weighted by atomic mass is 79.9. The van der Waals surface area contributed by atoms with E-state index in [1.54, 1.807) is 0 Å². The minimum Gasteiger partial charge on any atom is -0.756 e. The maximum Gasteiger partial charge on any atom is 0.305 e. The van der Waals surface area contributed by atoms with Crippen molar-refractivity contribution in [2.24, 2.45) is 0 Å². The van der Waals surface area contributed by atoms with Crippen molar-refractivity contribution in [3.63, 3.8) is 0 Å². The van der Waals surface area contributed by atoms with Crippen LogP contribution < -0.4 is 4.89 Å². The highest BCUT2D eigenvalue weighted by Crippen LogP contribution is 2.38. The molecule has 0 aliphatic heterocycles. The zero-order valence-electron chi connectivity index (χ0n) is 18.2. The molecule has 0 heterocycles. The lowest BCUT2D eigenvalue weighted by Crippen LogP contribution is -2.12. The summed E-state index contributed by atoms with van der Waals surface area (Å²) in [6, 6.07) is 0. The van der Waals surface area contributed by atoms with E-state index in [2.05, 4.69) is 31.9 Å². The number of carbonyl (C=O) groups excluding carboxylic acids is 1. The standard InChI is InChI=1S/C21H42BrO6P/c1-2-3-4-5-6-7-8-9-10-11-12-13-14-16-21(23)26-18-15-19-27-29(24,25)28-20-17-22/h2-20H2,1H3,(H,24,25)/p-1. The van der Waals surface area contributed by atoms with Crippen LogP contribution in [0.1, 0.15) is 103 Å². The monoisotopic (exact) mass is 499 g/mol. The Kier molecular flexibility index (Phi) is 21.3. The molecule has 6 nitrogen and oxygen atoms in total. The van der Waals surface area contributed by atoms with Crippen LogP contribution in [0.2, 0.25) is 0 Å². The molecule has 0 saturated carbocycles. The molecule has 0 N–H and O–H groups in total. The second-order valence-corrected chi connectivity index (χ2v) is 9.57. The average Bonchev–Trinajstić information content (AvgIpc) is 2.69. The van der Waals surface area contributed by atoms with Crippen LogP contribution in [-0.2, 0) is 23.1 Å². The molecule has 0 aromatic heterocycles. The van der Waals surface area contributed by atoms with Crippen molar-refractivity contribution >= 4 is 29.7 Å². The van der Waals surface area contributed by atoms with Gasteiger partial charge in [0.25, 0.3) is 7.82 Å². The van der Waals surface area contributed by atoms with E-state index in [-0.39, 0.29) is 25.8 Å². The number of esters is 1. The van der Waals surface area contributed by atoms with Gasteiger partial charge in [-0.1, -0.05) is 99.9 Å². The fraction of sp³-hybridized carbons (Fsp3) is 0.952. The number of ether oxygens (including phenoxy) is 1. The maximum absolute atomic E-state index is 11.6. The molecule has 0 amide bonds. The Labute approximate surface area is 186 Å². The van der Waals surface area contributed by atoms with E-state index in [9.17, 15) is 14.3 Å². The maximum atomic E-state index is 11.6. The van der Waals surface area contributed by atoms with E-state index in [0.29, 0.717) is 18.2 Å². The van der Waals surface area contributed by atoms with Crippen molar-refractivity contribution < 1.29 is 28.0 Å². The fourth-order valence-electron chi connectivity index (χ4n) is 2.96. The van der Waals surface area contributed by atoms with Crippen molar-refractivity contribution in [3.8, 4) is 0 Å². The number of phosphoric acid groups is 1. The predicted molar refractivity (Wildman–Crippen MR) is 119 cm³/mol. The fourth-order valence-corrected chi connectivity index (χ4v) is 4.12. The molecular weight excluding hydrogens is 459 g/mol. The Balaban J connectivity index is 3.31. The van der Waals surface area contributed by atoms with Crippen LogP contribution in [0.5, 0.6) is 0 Å². The van der Waals surface area contributed by atoms with Gasteiger partial charge < -0.3 is 18.7 Å². The predicted octanol–water partition coefficient (Wildman–Crippen LogP) is 6.30. The first-order chi connectivity index (χ1) is 14.0. The Bertz CT molecular complexity index is 422. The third kappa shape index (κ3) is 22.6. The van der Waals surface area contributed by atoms with E-state index in [0.717, 1.165) is 12.8 Å². The van der Waals surface area contributed by atoms with E-state index in [1.165, 1.54) is 70.6 Å². The number of phosphoric ester groups is 1. The Hall–Kier alpha value is 0.0600. The van der Waals surface area contributed by atoms with Crippen LogP contribution in [-0.4, -0.2) is 31.1 Å². The summed E-state index contributed by atoms with van der Waals surface area (Å²) < 4.78 is 25.6. The second-order valence-electron chi connectivity index (χ2n) is 7.37. The summed E-state index contributed by atoms with van der Waals surface area (Å²) in [6.45, 7) is 2.40. The lowest BCUT2D eigenvalue weighted by molar-refractivity contribution is -0.225. The van der Waals surface area contributed by atoms with Crippen molar-refractivity contribution in [1.29, 1.82) is 0 Å². The van der Waals surface area contributed by atoms with Gasteiger partial charge in [-0.2, -0.15) is 0 Å². The molecule has 174 valence electrons. The first kappa shape index (κ1) is 29.1. The van der Waals surface area contributed by atoms with Gasteiger partial charge in [0.2, 0.25) is 0 Å². The van der Waals surface area contributed by atoms with Crippen molar-refractivity contribution in [1.82, 2.24) is 0 Å². The summed E-state index contributed by atoms with van der Waals surface area (Å²) in [5, 5.41) is 0.416. The molecular formula is C21H41BrO6P-. The van der Waals surface area contributed by atoms with Gasteiger partial charge in [0.1, 0.15) is 0 Å². The zero-order valence-corrected chi connectivity index (χ0v) is 20.7. The first-order valence-corrected chi connectivity index (χ1v) is 13.9. The molecule has 0 aromatic carbocycles. The molecule has 0 fully saturated rings. The second kappa shape index (κ2) is 21.3. The summed E-state index contributed by atoms with van der Waals surface area (Å²) in [4.78, 5) is 22.9. The van der Waals surface area contributed by atoms with E-state index < -0.39 is 7.82 Å². The van der Waals surface area contributed by atoms with Gasteiger partial charge in [-0.05, 0) is 6.42 Å². The molecule has 1 atom stereocenters. The largest absolute Gasteiger partial charge is 0.756 e. The lowest BCUT2D eigenvalue weighted by Gasteiger charge is -2.21. The van der Waals surface area contributed by atoms with Gasteiger partial charge in [0.05, 0.1) is 19.8 Å². The molecule has 0 aliphatic rings. The average molecular weight is 500 g/mol. The van der Waals surface area contributed by atoms with Crippen LogP contribution >= 0.6 is 23.8 Å². The van der Waals surface area contributed by atoms with E-state index in [1.807, 2.05) is 0 Å². The molecule has 29 heavy (non-hydrogen) atoms. The van der Waals surface area contributed by atoms with Gasteiger partial charge in [-0.15, -0.1) is 0 Å². The highest BCUT2D eigenvalue weighted by molar-refractivity contribution is 9.09. The minimum absolute atomic E-state index is 0.0366. The van der Waals surface area contributed by atoms with Crippen LogP contribution in [0.25, 0.3) is 0 Å². The first-order valence-electron chi connectivity index (χ1n) is 11.3. The zero-order chi connectivity index (χ0) is 21.6. The summed E-state index contributed by atoms with van der Waals surface area (Å²) in [5.74, 6) is -0.228. The van der Waals surface area contributed by atoms with Gasteiger partial charge in [-0.25, -0.2) is 0 Å². The summed E-state index contributed by atoms with van der Waals surface area (Å²) >= 11 is 3.07. The Morgan fingerprint density at radius 1 is 0.759 bits per heavy atom. The van der Waals surface area contributed by atoms with Crippen molar-refractivity contribution in [3.05, 3.63) is 0 Å². The minimum atomic E-state index is -4.24. The van der Waals surface area contributed by atoms with Gasteiger partial charge in [-0.3, -0.25) is 9.36 Å². The number of carbonyl (C=O) groups is 1. The molecule has 0 radical (unpaired) electrons. The number of unbranched alkanes of at least 4 members (excludes halogenated alkanes) is 12. The Morgan fingerprint density at radius 3 is 1.76 bits per heavy atom. The molecule has 0 spiro atoms. The van der Waals surface area contributed by atoms with Crippen LogP contribution in [0.4, 0.5) is 0 Å². The van der Waals surface area contributed by atoms with E-state index >= 15 is 0 Å². The number of hydrogen-bond acceptors (Lipinski definition) is 6. The molecule has 0 saturated heterocycles. The molecule has 1 unspecified atom stereocenters. The third-order valence-corrected chi connectivity index (χ3v) is 5.93. The van der Waals surface area contributed by atoms with Crippen LogP contribution in [0, 0.1) is 0 Å². The molecule has 8 heteroatoms. The molecule has 0 aromatic rings. The summed E-state index contributed by atoms with van der Waals surface area (Å²) in [7, 11) is -4.24. The lowest BCUT2D eigenvalue weighted by atomic mass is 10.0.